The van der Waals surface area contributed by atoms with Crippen LogP contribution >= 0.6 is 0 Å². The highest BCUT2D eigenvalue weighted by atomic mass is 16.1. The highest BCUT2D eigenvalue weighted by molar-refractivity contribution is 5.80. The molecule has 0 radical (unpaired) electrons. The number of aromatic amines is 1. The van der Waals surface area contributed by atoms with Crippen LogP contribution in [0.5, 0.6) is 0 Å². The molecule has 4 rings (SSSR count). The number of benzene rings is 2. The van der Waals surface area contributed by atoms with E-state index in [1.165, 1.54) is 4.68 Å². The largest absolute Gasteiger partial charge is 0.357 e. The Morgan fingerprint density at radius 3 is 2.76 bits per heavy atom. The number of nitrogens with one attached hydrogen (secondary N) is 1. The summed E-state index contributed by atoms with van der Waals surface area (Å²) in [6.07, 6.45) is 0. The summed E-state index contributed by atoms with van der Waals surface area (Å²) in [6, 6.07) is 17.3. The van der Waals surface area contributed by atoms with Crippen molar-refractivity contribution in [3.63, 3.8) is 0 Å². The second-order valence-electron chi connectivity index (χ2n) is 4.95. The second kappa shape index (κ2) is 4.56. The molecule has 0 bridgehead atoms. The van der Waals surface area contributed by atoms with Gasteiger partial charge < -0.3 is 4.98 Å². The number of rotatable bonds is 2. The summed E-state index contributed by atoms with van der Waals surface area (Å²) in [6.45, 7) is 0.380. The molecule has 0 unspecified atom stereocenters. The molecule has 21 heavy (non-hydrogen) atoms. The molecular weight excluding hydrogens is 264 g/mol. The Bertz CT molecular complexity index is 967. The maximum Gasteiger partial charge on any atom is 0.277 e. The lowest BCUT2D eigenvalue weighted by molar-refractivity contribution is 0.594. The maximum atomic E-state index is 12.4. The first-order chi connectivity index (χ1) is 10.3. The van der Waals surface area contributed by atoms with Gasteiger partial charge in [-0.2, -0.15) is 0 Å². The molecule has 0 amide bonds. The molecule has 102 valence electrons. The van der Waals surface area contributed by atoms with Gasteiger partial charge in [0.25, 0.3) is 5.56 Å². The van der Waals surface area contributed by atoms with Crippen molar-refractivity contribution in [2.24, 2.45) is 0 Å². The van der Waals surface area contributed by atoms with Crippen LogP contribution in [0.25, 0.3) is 21.8 Å². The maximum absolute atomic E-state index is 12.4. The van der Waals surface area contributed by atoms with Gasteiger partial charge in [-0.3, -0.25) is 4.79 Å². The number of nitrogens with zero attached hydrogens (tertiary/aromatic N) is 3. The van der Waals surface area contributed by atoms with Gasteiger partial charge in [-0.1, -0.05) is 35.5 Å². The quantitative estimate of drug-likeness (QED) is 0.611. The summed E-state index contributed by atoms with van der Waals surface area (Å²) in [5.41, 5.74) is 2.48. The molecule has 2 aromatic heterocycles. The first-order valence-corrected chi connectivity index (χ1v) is 6.70. The summed E-state index contributed by atoms with van der Waals surface area (Å²) >= 11 is 0. The topological polar surface area (TPSA) is 63.6 Å². The van der Waals surface area contributed by atoms with E-state index in [0.29, 0.717) is 17.4 Å². The fourth-order valence-electron chi connectivity index (χ4n) is 2.51. The van der Waals surface area contributed by atoms with Gasteiger partial charge in [-0.25, -0.2) is 4.68 Å². The minimum absolute atomic E-state index is 0.126. The molecule has 5 nitrogen and oxygen atoms in total. The van der Waals surface area contributed by atoms with Crippen molar-refractivity contribution < 1.29 is 0 Å². The molecule has 0 aliphatic carbocycles. The molecule has 1 N–H and O–H groups in total. The average Bonchev–Trinajstić information content (AvgIpc) is 2.93. The SMILES string of the molecule is O=c1c2ccccc2nnn1Cc1cc2ccccc2[nH]1. The van der Waals surface area contributed by atoms with Crippen molar-refractivity contribution in [1.82, 2.24) is 20.0 Å². The minimum atomic E-state index is -0.126. The van der Waals surface area contributed by atoms with Crippen LogP contribution in [-0.4, -0.2) is 20.0 Å². The molecule has 0 aliphatic rings. The molecule has 0 aliphatic heterocycles. The van der Waals surface area contributed by atoms with Crippen LogP contribution in [0.3, 0.4) is 0 Å². The molecular formula is C16H12N4O. The van der Waals surface area contributed by atoms with Crippen LogP contribution in [0.2, 0.25) is 0 Å². The van der Waals surface area contributed by atoms with Crippen LogP contribution in [-0.2, 0) is 6.54 Å². The summed E-state index contributed by atoms with van der Waals surface area (Å²) in [7, 11) is 0. The Morgan fingerprint density at radius 2 is 1.86 bits per heavy atom. The van der Waals surface area contributed by atoms with E-state index in [1.54, 1.807) is 12.1 Å². The Balaban J connectivity index is 1.80. The van der Waals surface area contributed by atoms with E-state index in [4.69, 9.17) is 0 Å². The van der Waals surface area contributed by atoms with Crippen LogP contribution in [0, 0.1) is 0 Å². The van der Waals surface area contributed by atoms with Crippen molar-refractivity contribution in [3.8, 4) is 0 Å². The van der Waals surface area contributed by atoms with Gasteiger partial charge in [0.05, 0.1) is 11.9 Å². The predicted molar refractivity (Wildman–Crippen MR) is 81.2 cm³/mol. The van der Waals surface area contributed by atoms with Crippen molar-refractivity contribution in [2.75, 3.05) is 0 Å². The third kappa shape index (κ3) is 1.99. The zero-order valence-corrected chi connectivity index (χ0v) is 11.2. The van der Waals surface area contributed by atoms with Gasteiger partial charge in [0, 0.05) is 11.2 Å². The molecule has 2 aromatic carbocycles. The first-order valence-electron chi connectivity index (χ1n) is 6.70. The first kappa shape index (κ1) is 11.8. The summed E-state index contributed by atoms with van der Waals surface area (Å²) in [4.78, 5) is 15.7. The Kier molecular flexibility index (Phi) is 2.57. The van der Waals surface area contributed by atoms with E-state index in [1.807, 2.05) is 42.5 Å². The normalized spacial score (nSPS) is 11.2. The van der Waals surface area contributed by atoms with E-state index >= 15 is 0 Å². The van der Waals surface area contributed by atoms with Gasteiger partial charge in [-0.05, 0) is 29.7 Å². The molecule has 5 heteroatoms. The number of para-hydroxylation sites is 1. The van der Waals surface area contributed by atoms with E-state index < -0.39 is 0 Å². The second-order valence-corrected chi connectivity index (χ2v) is 4.95. The smallest absolute Gasteiger partial charge is 0.277 e. The van der Waals surface area contributed by atoms with E-state index in [9.17, 15) is 4.79 Å². The highest BCUT2D eigenvalue weighted by Gasteiger charge is 2.07. The van der Waals surface area contributed by atoms with Gasteiger partial charge in [-0.15, -0.1) is 5.10 Å². The molecule has 2 heterocycles. The fraction of sp³-hybridized carbons (Fsp3) is 0.0625. The average molecular weight is 276 g/mol. The lowest BCUT2D eigenvalue weighted by Crippen LogP contribution is -2.24. The number of fused-ring (bicyclic) bond motifs is 2. The van der Waals surface area contributed by atoms with Crippen LogP contribution in [0.15, 0.2) is 59.4 Å². The molecule has 0 saturated carbocycles. The van der Waals surface area contributed by atoms with Gasteiger partial charge >= 0.3 is 0 Å². The number of hydrogen-bond donors (Lipinski definition) is 1. The lowest BCUT2D eigenvalue weighted by atomic mass is 10.2. The van der Waals surface area contributed by atoms with Crippen molar-refractivity contribution >= 4 is 21.8 Å². The van der Waals surface area contributed by atoms with Crippen LogP contribution < -0.4 is 5.56 Å². The molecule has 4 aromatic rings. The summed E-state index contributed by atoms with van der Waals surface area (Å²) < 4.78 is 1.38. The lowest BCUT2D eigenvalue weighted by Gasteiger charge is -2.03. The fourth-order valence-corrected chi connectivity index (χ4v) is 2.51. The third-order valence-electron chi connectivity index (χ3n) is 3.54. The summed E-state index contributed by atoms with van der Waals surface area (Å²) in [5.74, 6) is 0. The zero-order valence-electron chi connectivity index (χ0n) is 11.2. The predicted octanol–water partition coefficient (Wildman–Crippen LogP) is 2.32. The van der Waals surface area contributed by atoms with Crippen LogP contribution in [0.4, 0.5) is 0 Å². The molecule has 0 spiro atoms. The minimum Gasteiger partial charge on any atom is -0.357 e. The van der Waals surface area contributed by atoms with E-state index in [2.05, 4.69) is 15.3 Å². The van der Waals surface area contributed by atoms with Gasteiger partial charge in [0.15, 0.2) is 0 Å². The number of hydrogen-bond acceptors (Lipinski definition) is 3. The summed E-state index contributed by atoms with van der Waals surface area (Å²) in [5, 5.41) is 9.80. The number of aromatic nitrogens is 4. The third-order valence-corrected chi connectivity index (χ3v) is 3.54. The Labute approximate surface area is 119 Å². The van der Waals surface area contributed by atoms with Crippen LogP contribution in [0.1, 0.15) is 5.69 Å². The van der Waals surface area contributed by atoms with E-state index in [0.717, 1.165) is 16.6 Å². The van der Waals surface area contributed by atoms with Crippen molar-refractivity contribution in [1.29, 1.82) is 0 Å². The highest BCUT2D eigenvalue weighted by Crippen LogP contribution is 2.15. The monoisotopic (exact) mass is 276 g/mol. The van der Waals surface area contributed by atoms with Gasteiger partial charge in [0.1, 0.15) is 5.52 Å². The standard InChI is InChI=1S/C16H12N4O/c21-16-13-6-2-4-8-15(13)18-19-20(16)10-12-9-11-5-1-3-7-14(11)17-12/h1-9,17H,10H2. The van der Waals surface area contributed by atoms with Crippen molar-refractivity contribution in [3.05, 3.63) is 70.6 Å². The molecule has 0 atom stereocenters. The Hall–Kier alpha value is -2.95. The van der Waals surface area contributed by atoms with E-state index in [-0.39, 0.29) is 5.56 Å². The zero-order chi connectivity index (χ0) is 14.2. The Morgan fingerprint density at radius 1 is 1.05 bits per heavy atom. The number of H-pyrrole nitrogens is 1. The van der Waals surface area contributed by atoms with Gasteiger partial charge in [0.2, 0.25) is 0 Å². The molecule has 0 fully saturated rings. The van der Waals surface area contributed by atoms with Crippen molar-refractivity contribution in [2.45, 2.75) is 6.54 Å². The molecule has 0 saturated heterocycles.